The zero-order valence-electron chi connectivity index (χ0n) is 21.6. The standard InChI is InChI=1S/C27H59NO2Si/c1-3-5-7-9-11-13-15-17-19-21-25-29-31(27-23-24-28)30-26-22-20-18-16-14-12-10-8-6-4-2/h31H,3-28H2,1-2H3. The fourth-order valence-electron chi connectivity index (χ4n) is 4.11. The van der Waals surface area contributed by atoms with Crippen molar-refractivity contribution in [2.75, 3.05) is 19.8 Å². The van der Waals surface area contributed by atoms with Gasteiger partial charge in [-0.3, -0.25) is 0 Å². The Balaban J connectivity index is 3.50. The van der Waals surface area contributed by atoms with E-state index in [2.05, 4.69) is 13.8 Å². The van der Waals surface area contributed by atoms with Gasteiger partial charge in [0, 0.05) is 13.2 Å². The molecule has 0 aromatic heterocycles. The average Bonchev–Trinajstić information content (AvgIpc) is 2.78. The zero-order chi connectivity index (χ0) is 22.7. The Morgan fingerprint density at radius 3 is 1.10 bits per heavy atom. The maximum absolute atomic E-state index is 6.17. The van der Waals surface area contributed by atoms with Crippen molar-refractivity contribution in [1.29, 1.82) is 0 Å². The molecule has 0 aliphatic carbocycles. The SMILES string of the molecule is CCCCCCCCCCCCO[SiH](CCCN)OCCCCCCCCCCCC. The molecule has 188 valence electrons. The Morgan fingerprint density at radius 1 is 0.452 bits per heavy atom. The van der Waals surface area contributed by atoms with Gasteiger partial charge in [-0.2, -0.15) is 0 Å². The first-order valence-electron chi connectivity index (χ1n) is 14.3. The van der Waals surface area contributed by atoms with Gasteiger partial charge in [0.2, 0.25) is 0 Å². The molecule has 0 unspecified atom stereocenters. The molecule has 0 amide bonds. The van der Waals surface area contributed by atoms with Crippen molar-refractivity contribution in [1.82, 2.24) is 0 Å². The lowest BCUT2D eigenvalue weighted by Gasteiger charge is -2.16. The van der Waals surface area contributed by atoms with Crippen LogP contribution in [0.3, 0.4) is 0 Å². The molecular weight excluding hydrogens is 398 g/mol. The van der Waals surface area contributed by atoms with Gasteiger partial charge < -0.3 is 14.6 Å². The van der Waals surface area contributed by atoms with E-state index in [9.17, 15) is 0 Å². The van der Waals surface area contributed by atoms with Crippen molar-refractivity contribution in [2.45, 2.75) is 155 Å². The van der Waals surface area contributed by atoms with Gasteiger partial charge in [0.25, 0.3) is 0 Å². The Labute approximate surface area is 198 Å². The second kappa shape index (κ2) is 28.1. The summed E-state index contributed by atoms with van der Waals surface area (Å²) in [4.78, 5) is 0. The number of unbranched alkanes of at least 4 members (excludes halogenated alkanes) is 18. The second-order valence-corrected chi connectivity index (χ2v) is 11.6. The summed E-state index contributed by atoms with van der Waals surface area (Å²) in [5.41, 5.74) is 5.71. The molecule has 0 spiro atoms. The lowest BCUT2D eigenvalue weighted by Crippen LogP contribution is -2.25. The quantitative estimate of drug-likeness (QED) is 0.0994. The average molecular weight is 458 g/mol. The van der Waals surface area contributed by atoms with Gasteiger partial charge in [-0.25, -0.2) is 0 Å². The van der Waals surface area contributed by atoms with Gasteiger partial charge in [0.15, 0.2) is 0 Å². The summed E-state index contributed by atoms with van der Waals surface area (Å²) in [6, 6.07) is 1.08. The molecule has 31 heavy (non-hydrogen) atoms. The summed E-state index contributed by atoms with van der Waals surface area (Å²) in [6.07, 6.45) is 28.5. The normalized spacial score (nSPS) is 11.6. The lowest BCUT2D eigenvalue weighted by molar-refractivity contribution is 0.188. The van der Waals surface area contributed by atoms with Crippen LogP contribution in [-0.4, -0.2) is 29.0 Å². The first-order chi connectivity index (χ1) is 15.3. The maximum atomic E-state index is 6.17. The summed E-state index contributed by atoms with van der Waals surface area (Å²) in [5.74, 6) is 0. The van der Waals surface area contributed by atoms with Gasteiger partial charge in [0.05, 0.1) is 0 Å². The van der Waals surface area contributed by atoms with Crippen LogP contribution < -0.4 is 5.73 Å². The van der Waals surface area contributed by atoms with E-state index in [0.29, 0.717) is 0 Å². The molecule has 4 heteroatoms. The molecule has 0 radical (unpaired) electrons. The van der Waals surface area contributed by atoms with Crippen molar-refractivity contribution in [3.05, 3.63) is 0 Å². The van der Waals surface area contributed by atoms with E-state index >= 15 is 0 Å². The van der Waals surface area contributed by atoms with Crippen LogP contribution in [0.5, 0.6) is 0 Å². The van der Waals surface area contributed by atoms with Crippen LogP contribution >= 0.6 is 0 Å². The van der Waals surface area contributed by atoms with E-state index in [1.54, 1.807) is 0 Å². The number of hydrogen-bond donors (Lipinski definition) is 1. The molecule has 0 aromatic carbocycles. The third kappa shape index (κ3) is 26.2. The first kappa shape index (κ1) is 31.1. The van der Waals surface area contributed by atoms with Crippen molar-refractivity contribution in [3.8, 4) is 0 Å². The number of hydrogen-bond acceptors (Lipinski definition) is 3. The van der Waals surface area contributed by atoms with Gasteiger partial charge >= 0.3 is 9.28 Å². The van der Waals surface area contributed by atoms with Crippen molar-refractivity contribution in [3.63, 3.8) is 0 Å². The molecule has 0 aliphatic heterocycles. The van der Waals surface area contributed by atoms with Crippen LogP contribution in [0, 0.1) is 0 Å². The smallest absolute Gasteiger partial charge is 0.321 e. The minimum Gasteiger partial charge on any atom is -0.397 e. The molecule has 0 rings (SSSR count). The minimum absolute atomic E-state index is 0.757. The van der Waals surface area contributed by atoms with E-state index in [1.165, 1.54) is 128 Å². The van der Waals surface area contributed by atoms with E-state index in [-0.39, 0.29) is 0 Å². The summed E-state index contributed by atoms with van der Waals surface area (Å²) >= 11 is 0. The molecule has 0 aliphatic rings. The predicted molar refractivity (Wildman–Crippen MR) is 141 cm³/mol. The van der Waals surface area contributed by atoms with Crippen molar-refractivity contribution in [2.24, 2.45) is 5.73 Å². The predicted octanol–water partition coefficient (Wildman–Crippen LogP) is 8.43. The highest BCUT2D eigenvalue weighted by molar-refractivity contribution is 6.44. The van der Waals surface area contributed by atoms with Crippen molar-refractivity contribution >= 4 is 9.28 Å². The number of rotatable bonds is 27. The molecule has 0 saturated carbocycles. The molecule has 0 saturated heterocycles. The van der Waals surface area contributed by atoms with Crippen LogP contribution in [0.2, 0.25) is 6.04 Å². The van der Waals surface area contributed by atoms with Crippen LogP contribution in [0.1, 0.15) is 149 Å². The third-order valence-corrected chi connectivity index (χ3v) is 8.34. The topological polar surface area (TPSA) is 44.5 Å². The molecule has 0 fully saturated rings. The molecule has 2 N–H and O–H groups in total. The van der Waals surface area contributed by atoms with Gasteiger partial charge in [-0.05, 0) is 31.9 Å². The molecular formula is C27H59NO2Si. The van der Waals surface area contributed by atoms with Crippen molar-refractivity contribution < 1.29 is 8.85 Å². The summed E-state index contributed by atoms with van der Waals surface area (Å²) in [6.45, 7) is 7.13. The summed E-state index contributed by atoms with van der Waals surface area (Å²) in [7, 11) is -1.49. The van der Waals surface area contributed by atoms with Gasteiger partial charge in [-0.1, -0.05) is 129 Å². The first-order valence-corrected chi connectivity index (χ1v) is 16.0. The Kier molecular flexibility index (Phi) is 28.2. The Hall–Kier alpha value is 0.0969. The largest absolute Gasteiger partial charge is 0.397 e. The summed E-state index contributed by atoms with van der Waals surface area (Å²) in [5, 5.41) is 0. The Morgan fingerprint density at radius 2 is 0.774 bits per heavy atom. The van der Waals surface area contributed by atoms with Gasteiger partial charge in [0.1, 0.15) is 0 Å². The lowest BCUT2D eigenvalue weighted by atomic mass is 10.1. The Bertz CT molecular complexity index is 292. The molecule has 0 bridgehead atoms. The molecule has 0 heterocycles. The fourth-order valence-corrected chi connectivity index (χ4v) is 5.97. The number of nitrogens with two attached hydrogens (primary N) is 1. The van der Waals surface area contributed by atoms with E-state index in [0.717, 1.165) is 32.2 Å². The van der Waals surface area contributed by atoms with Crippen LogP contribution in [0.4, 0.5) is 0 Å². The summed E-state index contributed by atoms with van der Waals surface area (Å²) < 4.78 is 12.3. The molecule has 0 atom stereocenters. The van der Waals surface area contributed by atoms with Gasteiger partial charge in [-0.15, -0.1) is 0 Å². The maximum Gasteiger partial charge on any atom is 0.321 e. The molecule has 0 aromatic rings. The van der Waals surface area contributed by atoms with Crippen LogP contribution in [-0.2, 0) is 8.85 Å². The van der Waals surface area contributed by atoms with Crippen LogP contribution in [0.15, 0.2) is 0 Å². The van der Waals surface area contributed by atoms with E-state index in [1.807, 2.05) is 0 Å². The highest BCUT2D eigenvalue weighted by atomic mass is 28.3. The highest BCUT2D eigenvalue weighted by Crippen LogP contribution is 2.13. The van der Waals surface area contributed by atoms with Crippen LogP contribution in [0.25, 0.3) is 0 Å². The second-order valence-electron chi connectivity index (χ2n) is 9.47. The third-order valence-electron chi connectivity index (χ3n) is 6.25. The highest BCUT2D eigenvalue weighted by Gasteiger charge is 2.12. The van der Waals surface area contributed by atoms with E-state index in [4.69, 9.17) is 14.6 Å². The fraction of sp³-hybridized carbons (Fsp3) is 1.00. The zero-order valence-corrected chi connectivity index (χ0v) is 22.8. The monoisotopic (exact) mass is 457 g/mol. The van der Waals surface area contributed by atoms with E-state index < -0.39 is 9.28 Å². The minimum atomic E-state index is -1.49. The molecule has 3 nitrogen and oxygen atoms in total.